The van der Waals surface area contributed by atoms with Crippen molar-refractivity contribution < 1.29 is 4.79 Å². The molecular formula is C17H15Br2NO. The third-order valence-electron chi connectivity index (χ3n) is 3.97. The van der Waals surface area contributed by atoms with Gasteiger partial charge in [0.2, 0.25) is 0 Å². The molecule has 2 nitrogen and oxygen atoms in total. The first-order chi connectivity index (χ1) is 10.1. The summed E-state index contributed by atoms with van der Waals surface area (Å²) >= 11 is 7.17. The number of hydrogen-bond acceptors (Lipinski definition) is 1. The summed E-state index contributed by atoms with van der Waals surface area (Å²) in [5, 5.41) is 3.16. The first kappa shape index (κ1) is 14.8. The molecule has 21 heavy (non-hydrogen) atoms. The molecule has 0 aliphatic heterocycles. The number of amides is 1. The van der Waals surface area contributed by atoms with E-state index >= 15 is 0 Å². The molecule has 1 aliphatic carbocycles. The Labute approximate surface area is 141 Å². The van der Waals surface area contributed by atoms with Crippen molar-refractivity contribution in [3.05, 3.63) is 69.2 Å². The van der Waals surface area contributed by atoms with Crippen LogP contribution in [0.15, 0.2) is 46.9 Å². The van der Waals surface area contributed by atoms with Crippen LogP contribution in [0.4, 0.5) is 0 Å². The average Bonchev–Trinajstić information content (AvgIpc) is 2.78. The molecule has 1 aliphatic rings. The van der Waals surface area contributed by atoms with E-state index in [1.807, 2.05) is 37.3 Å². The number of fused-ring (bicyclic) bond motifs is 1. The maximum atomic E-state index is 12.6. The van der Waals surface area contributed by atoms with Gasteiger partial charge in [-0.05, 0) is 42.2 Å². The van der Waals surface area contributed by atoms with E-state index < -0.39 is 0 Å². The highest BCUT2D eigenvalue weighted by molar-refractivity contribution is 9.10. The lowest BCUT2D eigenvalue weighted by Crippen LogP contribution is -2.32. The van der Waals surface area contributed by atoms with Crippen LogP contribution in [0.3, 0.4) is 0 Å². The van der Waals surface area contributed by atoms with Crippen LogP contribution in [0.25, 0.3) is 0 Å². The number of carbonyl (C=O) groups excluding carboxylic acids is 1. The summed E-state index contributed by atoms with van der Waals surface area (Å²) in [5.74, 6) is -0.0278. The van der Waals surface area contributed by atoms with E-state index in [1.165, 1.54) is 11.1 Å². The topological polar surface area (TPSA) is 29.1 Å². The lowest BCUT2D eigenvalue weighted by Gasteiger charge is -2.18. The molecule has 0 aromatic heterocycles. The van der Waals surface area contributed by atoms with Crippen molar-refractivity contribution in [2.24, 2.45) is 0 Å². The van der Waals surface area contributed by atoms with Gasteiger partial charge < -0.3 is 5.32 Å². The van der Waals surface area contributed by atoms with Crippen molar-refractivity contribution in [1.29, 1.82) is 0 Å². The first-order valence-corrected chi connectivity index (χ1v) is 8.56. The minimum atomic E-state index is -0.0278. The number of hydrogen-bond donors (Lipinski definition) is 1. The number of benzene rings is 2. The van der Waals surface area contributed by atoms with Crippen molar-refractivity contribution in [3.63, 3.8) is 0 Å². The predicted octanol–water partition coefficient (Wildman–Crippen LogP) is 4.55. The number of halogens is 2. The van der Waals surface area contributed by atoms with E-state index in [1.54, 1.807) is 0 Å². The predicted molar refractivity (Wildman–Crippen MR) is 91.9 cm³/mol. The maximum Gasteiger partial charge on any atom is 0.252 e. The lowest BCUT2D eigenvalue weighted by atomic mass is 10.1. The SMILES string of the molecule is Cc1c(Br)cccc1C(=O)NC1c2ccccc2CC1Br. The summed E-state index contributed by atoms with van der Waals surface area (Å²) in [6, 6.07) is 14.0. The number of alkyl halides is 1. The van der Waals surface area contributed by atoms with Crippen LogP contribution in [-0.4, -0.2) is 10.7 Å². The van der Waals surface area contributed by atoms with Gasteiger partial charge in [0.05, 0.1) is 6.04 Å². The molecule has 1 amide bonds. The second-order valence-corrected chi connectivity index (χ2v) is 7.31. The van der Waals surface area contributed by atoms with Crippen molar-refractivity contribution in [3.8, 4) is 0 Å². The molecule has 2 aromatic carbocycles. The van der Waals surface area contributed by atoms with Crippen LogP contribution in [-0.2, 0) is 6.42 Å². The molecule has 3 rings (SSSR count). The second kappa shape index (κ2) is 5.93. The van der Waals surface area contributed by atoms with Gasteiger partial charge in [0, 0.05) is 14.9 Å². The lowest BCUT2D eigenvalue weighted by molar-refractivity contribution is 0.0937. The van der Waals surface area contributed by atoms with Crippen LogP contribution in [0.1, 0.15) is 33.1 Å². The highest BCUT2D eigenvalue weighted by Crippen LogP contribution is 2.36. The van der Waals surface area contributed by atoms with Gasteiger partial charge in [-0.3, -0.25) is 4.79 Å². The number of rotatable bonds is 2. The molecular weight excluding hydrogens is 394 g/mol. The summed E-state index contributed by atoms with van der Waals surface area (Å²) in [6.45, 7) is 1.95. The molecule has 108 valence electrons. The van der Waals surface area contributed by atoms with Gasteiger partial charge in [-0.15, -0.1) is 0 Å². The smallest absolute Gasteiger partial charge is 0.252 e. The van der Waals surface area contributed by atoms with E-state index in [2.05, 4.69) is 49.3 Å². The zero-order chi connectivity index (χ0) is 15.0. The van der Waals surface area contributed by atoms with Crippen LogP contribution < -0.4 is 5.32 Å². The van der Waals surface area contributed by atoms with E-state index in [0.29, 0.717) is 5.56 Å². The Bertz CT molecular complexity index is 699. The van der Waals surface area contributed by atoms with Crippen LogP contribution in [0.2, 0.25) is 0 Å². The molecule has 2 aromatic rings. The largest absolute Gasteiger partial charge is 0.344 e. The Morgan fingerprint density at radius 1 is 1.19 bits per heavy atom. The summed E-state index contributed by atoms with van der Waals surface area (Å²) in [6.07, 6.45) is 0.943. The monoisotopic (exact) mass is 407 g/mol. The molecule has 2 unspecified atom stereocenters. The number of nitrogens with one attached hydrogen (secondary N) is 1. The molecule has 2 atom stereocenters. The molecule has 1 N–H and O–H groups in total. The van der Waals surface area contributed by atoms with Crippen LogP contribution in [0.5, 0.6) is 0 Å². The van der Waals surface area contributed by atoms with Gasteiger partial charge in [-0.2, -0.15) is 0 Å². The van der Waals surface area contributed by atoms with Gasteiger partial charge in [-0.25, -0.2) is 0 Å². The third-order valence-corrected chi connectivity index (χ3v) is 5.68. The van der Waals surface area contributed by atoms with Crippen molar-refractivity contribution in [1.82, 2.24) is 5.32 Å². The van der Waals surface area contributed by atoms with Crippen molar-refractivity contribution in [2.75, 3.05) is 0 Å². The maximum absolute atomic E-state index is 12.6. The first-order valence-electron chi connectivity index (χ1n) is 6.86. The highest BCUT2D eigenvalue weighted by Gasteiger charge is 2.31. The van der Waals surface area contributed by atoms with E-state index in [0.717, 1.165) is 16.5 Å². The van der Waals surface area contributed by atoms with E-state index in [-0.39, 0.29) is 16.8 Å². The quantitative estimate of drug-likeness (QED) is 0.725. The van der Waals surface area contributed by atoms with Crippen LogP contribution >= 0.6 is 31.9 Å². The van der Waals surface area contributed by atoms with Crippen LogP contribution in [0, 0.1) is 6.92 Å². The fourth-order valence-electron chi connectivity index (χ4n) is 2.79. The second-order valence-electron chi connectivity index (χ2n) is 5.28. The highest BCUT2D eigenvalue weighted by atomic mass is 79.9. The Morgan fingerprint density at radius 3 is 2.76 bits per heavy atom. The molecule has 0 spiro atoms. The Morgan fingerprint density at radius 2 is 1.95 bits per heavy atom. The zero-order valence-corrected chi connectivity index (χ0v) is 14.7. The van der Waals surface area contributed by atoms with Crippen molar-refractivity contribution >= 4 is 37.8 Å². The van der Waals surface area contributed by atoms with E-state index in [4.69, 9.17) is 0 Å². The Balaban J connectivity index is 1.87. The molecule has 0 saturated heterocycles. The zero-order valence-electron chi connectivity index (χ0n) is 11.6. The van der Waals surface area contributed by atoms with Gasteiger partial charge in [0.1, 0.15) is 0 Å². The minimum Gasteiger partial charge on any atom is -0.344 e. The van der Waals surface area contributed by atoms with Gasteiger partial charge in [-0.1, -0.05) is 62.2 Å². The van der Waals surface area contributed by atoms with Gasteiger partial charge in [0.15, 0.2) is 0 Å². The summed E-state index contributed by atoms with van der Waals surface area (Å²) < 4.78 is 0.956. The summed E-state index contributed by atoms with van der Waals surface area (Å²) in [4.78, 5) is 12.8. The van der Waals surface area contributed by atoms with Gasteiger partial charge >= 0.3 is 0 Å². The third kappa shape index (κ3) is 2.79. The van der Waals surface area contributed by atoms with Gasteiger partial charge in [0.25, 0.3) is 5.91 Å². The Hall–Kier alpha value is -1.13. The van der Waals surface area contributed by atoms with Crippen molar-refractivity contribution in [2.45, 2.75) is 24.2 Å². The fraction of sp³-hybridized carbons (Fsp3) is 0.235. The normalized spacial score (nSPS) is 20.1. The molecule has 0 heterocycles. The summed E-state index contributed by atoms with van der Waals surface area (Å²) in [7, 11) is 0. The fourth-order valence-corrected chi connectivity index (χ4v) is 3.92. The molecule has 0 fully saturated rings. The Kier molecular flexibility index (Phi) is 4.18. The molecule has 0 bridgehead atoms. The number of carbonyl (C=O) groups is 1. The molecule has 0 saturated carbocycles. The molecule has 4 heteroatoms. The van der Waals surface area contributed by atoms with E-state index in [9.17, 15) is 4.79 Å². The minimum absolute atomic E-state index is 0.0204. The molecule has 0 radical (unpaired) electrons. The average molecular weight is 409 g/mol. The summed E-state index contributed by atoms with van der Waals surface area (Å²) in [5.41, 5.74) is 4.19. The standard InChI is InChI=1S/C17H15Br2NO/c1-10-12(7-4-8-14(10)18)17(21)20-16-13-6-3-2-5-11(13)9-15(16)19/h2-8,15-16H,9H2,1H3,(H,20,21).